The van der Waals surface area contributed by atoms with Crippen molar-refractivity contribution in [1.82, 2.24) is 0 Å². The summed E-state index contributed by atoms with van der Waals surface area (Å²) in [4.78, 5) is 43.1. The monoisotopic (exact) mass is 404 g/mol. The Kier molecular flexibility index (Phi) is 15.3. The maximum atomic E-state index is 11.8. The molecule has 0 amide bonds. The predicted octanol–water partition coefficient (Wildman–Crippen LogP) is 3.54. The standard InChI is InChI=1S/C20H36O8/c1-3-5-6-7-8-9-10-11-12-13-14-26-17(21)15-20(25,19(23)24)16-18(22)28-27-4-2/h25H,3-16H2,1-2H3,(H,23,24). The lowest BCUT2D eigenvalue weighted by atomic mass is 9.96. The van der Waals surface area contributed by atoms with Gasteiger partial charge in [-0.1, -0.05) is 64.7 Å². The first kappa shape index (κ1) is 26.3. The third kappa shape index (κ3) is 13.5. The van der Waals surface area contributed by atoms with Gasteiger partial charge < -0.3 is 14.9 Å². The van der Waals surface area contributed by atoms with Gasteiger partial charge in [0.15, 0.2) is 5.60 Å². The highest BCUT2D eigenvalue weighted by atomic mass is 17.2. The second-order valence-corrected chi connectivity index (χ2v) is 6.95. The van der Waals surface area contributed by atoms with Crippen molar-refractivity contribution in [2.45, 2.75) is 96.5 Å². The summed E-state index contributed by atoms with van der Waals surface area (Å²) in [6.45, 7) is 4.01. The third-order valence-corrected chi connectivity index (χ3v) is 4.30. The fourth-order valence-corrected chi connectivity index (χ4v) is 2.67. The lowest BCUT2D eigenvalue weighted by Gasteiger charge is -2.20. The van der Waals surface area contributed by atoms with Gasteiger partial charge in [0.2, 0.25) is 0 Å². The van der Waals surface area contributed by atoms with Crippen molar-refractivity contribution in [1.29, 1.82) is 0 Å². The average molecular weight is 405 g/mol. The van der Waals surface area contributed by atoms with Crippen LogP contribution < -0.4 is 0 Å². The fraction of sp³-hybridized carbons (Fsp3) is 0.850. The Bertz CT molecular complexity index is 451. The minimum absolute atomic E-state index is 0.0815. The first-order valence-electron chi connectivity index (χ1n) is 10.3. The summed E-state index contributed by atoms with van der Waals surface area (Å²) in [5.74, 6) is -3.64. The molecule has 0 rings (SSSR count). The van der Waals surface area contributed by atoms with E-state index in [0.717, 1.165) is 19.3 Å². The molecule has 1 atom stereocenters. The molecule has 0 radical (unpaired) electrons. The minimum atomic E-state index is -2.58. The smallest absolute Gasteiger partial charge is 0.345 e. The lowest BCUT2D eigenvalue weighted by molar-refractivity contribution is -0.272. The van der Waals surface area contributed by atoms with Crippen molar-refractivity contribution in [2.75, 3.05) is 13.2 Å². The van der Waals surface area contributed by atoms with E-state index in [4.69, 9.17) is 9.84 Å². The van der Waals surface area contributed by atoms with Crippen LogP contribution in [-0.4, -0.2) is 46.9 Å². The van der Waals surface area contributed by atoms with Crippen LogP contribution in [0, 0.1) is 0 Å². The highest BCUT2D eigenvalue weighted by Gasteiger charge is 2.42. The highest BCUT2D eigenvalue weighted by Crippen LogP contribution is 2.18. The Morgan fingerprint density at radius 3 is 1.79 bits per heavy atom. The molecule has 8 heteroatoms. The van der Waals surface area contributed by atoms with Crippen LogP contribution in [0.4, 0.5) is 0 Å². The lowest BCUT2D eigenvalue weighted by Crippen LogP contribution is -2.43. The van der Waals surface area contributed by atoms with Crippen LogP contribution in [0.3, 0.4) is 0 Å². The number of rotatable bonds is 18. The molecule has 0 saturated carbocycles. The number of aliphatic carboxylic acids is 1. The summed E-state index contributed by atoms with van der Waals surface area (Å²) >= 11 is 0. The molecule has 1 unspecified atom stereocenters. The molecule has 0 bridgehead atoms. The molecule has 8 nitrogen and oxygen atoms in total. The van der Waals surface area contributed by atoms with Crippen LogP contribution in [-0.2, 0) is 28.9 Å². The molecule has 2 N–H and O–H groups in total. The van der Waals surface area contributed by atoms with Gasteiger partial charge in [-0.05, 0) is 13.3 Å². The van der Waals surface area contributed by atoms with Crippen LogP contribution in [0.25, 0.3) is 0 Å². The Morgan fingerprint density at radius 2 is 1.29 bits per heavy atom. The zero-order chi connectivity index (χ0) is 21.3. The van der Waals surface area contributed by atoms with E-state index in [2.05, 4.69) is 16.7 Å². The maximum absolute atomic E-state index is 11.8. The topological polar surface area (TPSA) is 119 Å². The zero-order valence-corrected chi connectivity index (χ0v) is 17.2. The van der Waals surface area contributed by atoms with Gasteiger partial charge in [0.1, 0.15) is 0 Å². The summed E-state index contributed by atoms with van der Waals surface area (Å²) in [5, 5.41) is 19.2. The van der Waals surface area contributed by atoms with E-state index in [-0.39, 0.29) is 13.2 Å². The normalized spacial score (nSPS) is 13.0. The molecule has 0 saturated heterocycles. The first-order valence-corrected chi connectivity index (χ1v) is 10.3. The molecule has 28 heavy (non-hydrogen) atoms. The molecule has 0 aromatic carbocycles. The van der Waals surface area contributed by atoms with Gasteiger partial charge in [-0.15, -0.1) is 0 Å². The van der Waals surface area contributed by atoms with Gasteiger partial charge in [0.25, 0.3) is 0 Å². The maximum Gasteiger partial charge on any atom is 0.345 e. The largest absolute Gasteiger partial charge is 0.479 e. The van der Waals surface area contributed by atoms with Crippen LogP contribution >= 0.6 is 0 Å². The van der Waals surface area contributed by atoms with Crippen molar-refractivity contribution in [3.63, 3.8) is 0 Å². The molecule has 0 heterocycles. The van der Waals surface area contributed by atoms with E-state index in [1.54, 1.807) is 6.92 Å². The van der Waals surface area contributed by atoms with Gasteiger partial charge in [-0.25, -0.2) is 9.59 Å². The molecule has 164 valence electrons. The van der Waals surface area contributed by atoms with E-state index in [1.165, 1.54) is 38.5 Å². The van der Waals surface area contributed by atoms with E-state index in [9.17, 15) is 19.5 Å². The Hall–Kier alpha value is -1.67. The molecule has 0 aromatic heterocycles. The number of hydrogen-bond donors (Lipinski definition) is 2. The first-order chi connectivity index (χ1) is 13.4. The van der Waals surface area contributed by atoms with Crippen molar-refractivity contribution < 1.29 is 39.1 Å². The van der Waals surface area contributed by atoms with Crippen molar-refractivity contribution >= 4 is 17.9 Å². The van der Waals surface area contributed by atoms with Gasteiger partial charge in [-0.2, -0.15) is 4.89 Å². The molecular formula is C20H36O8. The third-order valence-electron chi connectivity index (χ3n) is 4.30. The fourth-order valence-electron chi connectivity index (χ4n) is 2.67. The Balaban J connectivity index is 3.92. The Morgan fingerprint density at radius 1 is 0.786 bits per heavy atom. The van der Waals surface area contributed by atoms with E-state index in [0.29, 0.717) is 6.42 Å². The number of carboxylic acid groups (broad SMARTS) is 1. The average Bonchev–Trinajstić information content (AvgIpc) is 2.64. The Labute approximate surface area is 167 Å². The van der Waals surface area contributed by atoms with E-state index >= 15 is 0 Å². The number of unbranched alkanes of at least 4 members (excludes halogenated alkanes) is 9. The molecule has 0 aliphatic heterocycles. The molecule has 0 aliphatic rings. The zero-order valence-electron chi connectivity index (χ0n) is 17.2. The summed E-state index contributed by atoms with van der Waals surface area (Å²) in [6.07, 6.45) is 9.70. The molecule has 0 aliphatic carbocycles. The van der Waals surface area contributed by atoms with Gasteiger partial charge in [-0.3, -0.25) is 9.68 Å². The predicted molar refractivity (Wildman–Crippen MR) is 102 cm³/mol. The highest BCUT2D eigenvalue weighted by molar-refractivity contribution is 5.88. The second-order valence-electron chi connectivity index (χ2n) is 6.95. The molecule has 0 fully saturated rings. The van der Waals surface area contributed by atoms with Crippen LogP contribution in [0.2, 0.25) is 0 Å². The number of carbonyl (C=O) groups excluding carboxylic acids is 2. The van der Waals surface area contributed by atoms with E-state index in [1.807, 2.05) is 0 Å². The van der Waals surface area contributed by atoms with Gasteiger partial charge in [0.05, 0.1) is 26.1 Å². The van der Waals surface area contributed by atoms with Crippen molar-refractivity contribution in [3.8, 4) is 0 Å². The summed E-state index contributed by atoms with van der Waals surface area (Å²) in [6, 6.07) is 0. The van der Waals surface area contributed by atoms with E-state index < -0.39 is 36.4 Å². The summed E-state index contributed by atoms with van der Waals surface area (Å²) in [5.41, 5.74) is -2.58. The second kappa shape index (κ2) is 16.3. The minimum Gasteiger partial charge on any atom is -0.479 e. The van der Waals surface area contributed by atoms with Crippen LogP contribution in [0.15, 0.2) is 0 Å². The van der Waals surface area contributed by atoms with Crippen LogP contribution in [0.5, 0.6) is 0 Å². The summed E-state index contributed by atoms with van der Waals surface area (Å²) in [7, 11) is 0. The number of aliphatic hydroxyl groups is 1. The number of carboxylic acids is 1. The SMILES string of the molecule is CCCCCCCCCCCCOC(=O)CC(O)(CC(=O)OOCC)C(=O)O. The van der Waals surface area contributed by atoms with Crippen molar-refractivity contribution in [3.05, 3.63) is 0 Å². The number of carbonyl (C=O) groups is 3. The number of hydrogen-bond acceptors (Lipinski definition) is 7. The van der Waals surface area contributed by atoms with Crippen molar-refractivity contribution in [2.24, 2.45) is 0 Å². The van der Waals surface area contributed by atoms with Crippen LogP contribution in [0.1, 0.15) is 90.9 Å². The molecule has 0 aromatic rings. The van der Waals surface area contributed by atoms with Gasteiger partial charge in [0, 0.05) is 0 Å². The number of ether oxygens (including phenoxy) is 1. The number of esters is 1. The molecule has 0 spiro atoms. The summed E-state index contributed by atoms with van der Waals surface area (Å²) < 4.78 is 4.98. The van der Waals surface area contributed by atoms with Gasteiger partial charge >= 0.3 is 17.9 Å². The molecular weight excluding hydrogens is 368 g/mol. The quantitative estimate of drug-likeness (QED) is 0.154.